The number of rotatable bonds is 4. The van der Waals surface area contributed by atoms with Gasteiger partial charge in [0, 0.05) is 10.6 Å². The molecule has 0 saturated heterocycles. The fourth-order valence-corrected chi connectivity index (χ4v) is 2.02. The molecule has 0 aromatic heterocycles. The Morgan fingerprint density at radius 2 is 1.79 bits per heavy atom. The molecule has 19 heavy (non-hydrogen) atoms. The van der Waals surface area contributed by atoms with Crippen molar-refractivity contribution in [2.45, 2.75) is 12.5 Å². The van der Waals surface area contributed by atoms with Gasteiger partial charge in [-0.3, -0.25) is 11.3 Å². The molecule has 0 amide bonds. The highest BCUT2D eigenvalue weighted by Crippen LogP contribution is 2.22. The minimum atomic E-state index is -0.503. The summed E-state index contributed by atoms with van der Waals surface area (Å²) in [5.74, 6) is 4.46. The molecule has 0 aliphatic carbocycles. The first-order chi connectivity index (χ1) is 9.10. The van der Waals surface area contributed by atoms with Crippen LogP contribution < -0.4 is 11.3 Å². The molecule has 0 fully saturated rings. The number of benzene rings is 2. The molecule has 0 aliphatic heterocycles. The predicted octanol–water partition coefficient (Wildman–Crippen LogP) is 3.37. The molecule has 0 radical (unpaired) electrons. The van der Waals surface area contributed by atoms with E-state index in [1.807, 2.05) is 12.1 Å². The maximum Gasteiger partial charge on any atom is 0.128 e. The van der Waals surface area contributed by atoms with Crippen molar-refractivity contribution in [3.05, 3.63) is 70.2 Å². The third-order valence-electron chi connectivity index (χ3n) is 2.89. The van der Waals surface area contributed by atoms with Crippen LogP contribution in [0, 0.1) is 11.6 Å². The summed E-state index contributed by atoms with van der Waals surface area (Å²) in [5.41, 5.74) is 3.64. The fraction of sp³-hybridized carbons (Fsp3) is 0.143. The lowest BCUT2D eigenvalue weighted by Crippen LogP contribution is -2.30. The predicted molar refractivity (Wildman–Crippen MR) is 71.6 cm³/mol. The quantitative estimate of drug-likeness (QED) is 0.666. The highest BCUT2D eigenvalue weighted by Gasteiger charge is 2.16. The van der Waals surface area contributed by atoms with E-state index in [1.54, 1.807) is 12.1 Å². The largest absolute Gasteiger partial charge is 0.271 e. The Morgan fingerprint density at radius 3 is 2.42 bits per heavy atom. The molecule has 0 bridgehead atoms. The third-order valence-corrected chi connectivity index (χ3v) is 3.14. The molecule has 2 aromatic rings. The SMILES string of the molecule is NNC(Cc1ccc(Cl)cc1)c1cc(F)ccc1F. The average molecular weight is 283 g/mol. The van der Waals surface area contributed by atoms with E-state index < -0.39 is 17.7 Å². The molecule has 1 atom stereocenters. The first kappa shape index (κ1) is 13.9. The van der Waals surface area contributed by atoms with Crippen LogP contribution in [-0.2, 0) is 6.42 Å². The van der Waals surface area contributed by atoms with Crippen LogP contribution >= 0.6 is 11.6 Å². The molecule has 3 N–H and O–H groups in total. The van der Waals surface area contributed by atoms with Crippen molar-refractivity contribution in [2.75, 3.05) is 0 Å². The van der Waals surface area contributed by atoms with Gasteiger partial charge in [-0.1, -0.05) is 23.7 Å². The Balaban J connectivity index is 2.24. The summed E-state index contributed by atoms with van der Waals surface area (Å²) < 4.78 is 26.9. The van der Waals surface area contributed by atoms with Crippen LogP contribution in [0.2, 0.25) is 5.02 Å². The first-order valence-corrected chi connectivity index (χ1v) is 6.13. The second-order valence-electron chi connectivity index (χ2n) is 4.22. The van der Waals surface area contributed by atoms with Gasteiger partial charge in [-0.2, -0.15) is 0 Å². The second-order valence-corrected chi connectivity index (χ2v) is 4.65. The highest BCUT2D eigenvalue weighted by atomic mass is 35.5. The molecule has 0 heterocycles. The summed E-state index contributed by atoms with van der Waals surface area (Å²) in [6.07, 6.45) is 0.439. The van der Waals surface area contributed by atoms with Crippen molar-refractivity contribution in [1.29, 1.82) is 0 Å². The van der Waals surface area contributed by atoms with Gasteiger partial charge in [0.15, 0.2) is 0 Å². The van der Waals surface area contributed by atoms with Crippen LogP contribution in [0.5, 0.6) is 0 Å². The molecule has 0 spiro atoms. The Labute approximate surface area is 115 Å². The summed E-state index contributed by atoms with van der Waals surface area (Å²) in [6.45, 7) is 0. The summed E-state index contributed by atoms with van der Waals surface area (Å²) in [5, 5.41) is 0.623. The van der Waals surface area contributed by atoms with Crippen LogP contribution in [0.25, 0.3) is 0 Å². The van der Waals surface area contributed by atoms with Gasteiger partial charge in [0.2, 0.25) is 0 Å². The zero-order valence-electron chi connectivity index (χ0n) is 10.0. The maximum atomic E-state index is 13.7. The van der Waals surface area contributed by atoms with Crippen molar-refractivity contribution in [1.82, 2.24) is 5.43 Å². The van der Waals surface area contributed by atoms with Crippen LogP contribution in [0.3, 0.4) is 0 Å². The van der Waals surface area contributed by atoms with E-state index in [9.17, 15) is 8.78 Å². The Morgan fingerprint density at radius 1 is 1.11 bits per heavy atom. The van der Waals surface area contributed by atoms with E-state index in [0.717, 1.165) is 23.8 Å². The van der Waals surface area contributed by atoms with Gasteiger partial charge < -0.3 is 0 Å². The summed E-state index contributed by atoms with van der Waals surface area (Å²) in [7, 11) is 0. The molecule has 1 unspecified atom stereocenters. The standard InChI is InChI=1S/C14H13ClF2N2/c15-10-3-1-9(2-4-10)7-14(19-18)12-8-11(16)5-6-13(12)17/h1-6,8,14,19H,7,18H2. The van der Waals surface area contributed by atoms with E-state index in [-0.39, 0.29) is 5.56 Å². The zero-order chi connectivity index (χ0) is 13.8. The average Bonchev–Trinajstić information content (AvgIpc) is 2.41. The second kappa shape index (κ2) is 6.10. The number of nitrogens with two attached hydrogens (primary N) is 1. The van der Waals surface area contributed by atoms with Crippen molar-refractivity contribution in [2.24, 2.45) is 5.84 Å². The number of hydrazine groups is 1. The van der Waals surface area contributed by atoms with Crippen LogP contribution in [0.15, 0.2) is 42.5 Å². The minimum Gasteiger partial charge on any atom is -0.271 e. The number of halogens is 3. The lowest BCUT2D eigenvalue weighted by molar-refractivity contribution is 0.502. The molecule has 5 heteroatoms. The van der Waals surface area contributed by atoms with Crippen LogP contribution in [-0.4, -0.2) is 0 Å². The number of hydrogen-bond donors (Lipinski definition) is 2. The Hall–Kier alpha value is -1.49. The Kier molecular flexibility index (Phi) is 4.47. The normalized spacial score (nSPS) is 12.4. The van der Waals surface area contributed by atoms with Gasteiger partial charge in [-0.15, -0.1) is 0 Å². The van der Waals surface area contributed by atoms with Crippen molar-refractivity contribution >= 4 is 11.6 Å². The number of hydrogen-bond acceptors (Lipinski definition) is 2. The van der Waals surface area contributed by atoms with Gasteiger partial charge >= 0.3 is 0 Å². The zero-order valence-corrected chi connectivity index (χ0v) is 10.8. The monoisotopic (exact) mass is 282 g/mol. The van der Waals surface area contributed by atoms with Gasteiger partial charge in [-0.25, -0.2) is 8.78 Å². The lowest BCUT2D eigenvalue weighted by atomic mass is 9.99. The van der Waals surface area contributed by atoms with Gasteiger partial charge in [0.1, 0.15) is 11.6 Å². The van der Waals surface area contributed by atoms with Crippen molar-refractivity contribution in [3.8, 4) is 0 Å². The maximum absolute atomic E-state index is 13.7. The van der Waals surface area contributed by atoms with Gasteiger partial charge in [0.25, 0.3) is 0 Å². The molecule has 100 valence electrons. The molecule has 0 saturated carbocycles. The smallest absolute Gasteiger partial charge is 0.128 e. The summed E-state index contributed by atoms with van der Waals surface area (Å²) >= 11 is 5.80. The van der Waals surface area contributed by atoms with Crippen LogP contribution in [0.1, 0.15) is 17.2 Å². The van der Waals surface area contributed by atoms with Crippen LogP contribution in [0.4, 0.5) is 8.78 Å². The number of nitrogens with one attached hydrogen (secondary N) is 1. The van der Waals surface area contributed by atoms with Crippen molar-refractivity contribution < 1.29 is 8.78 Å². The van der Waals surface area contributed by atoms with E-state index in [1.165, 1.54) is 0 Å². The summed E-state index contributed by atoms with van der Waals surface area (Å²) in [4.78, 5) is 0. The van der Waals surface area contributed by atoms with E-state index >= 15 is 0 Å². The van der Waals surface area contributed by atoms with E-state index in [2.05, 4.69) is 5.43 Å². The van der Waals surface area contributed by atoms with E-state index in [4.69, 9.17) is 17.4 Å². The molecule has 0 aliphatic rings. The Bertz CT molecular complexity index is 558. The molecule has 2 aromatic carbocycles. The van der Waals surface area contributed by atoms with E-state index in [0.29, 0.717) is 11.4 Å². The lowest BCUT2D eigenvalue weighted by Gasteiger charge is -2.17. The fourth-order valence-electron chi connectivity index (χ4n) is 1.90. The van der Waals surface area contributed by atoms with Gasteiger partial charge in [0.05, 0.1) is 6.04 Å². The minimum absolute atomic E-state index is 0.206. The molecule has 2 rings (SSSR count). The molecular weight excluding hydrogens is 270 g/mol. The topological polar surface area (TPSA) is 38.0 Å². The molecule has 2 nitrogen and oxygen atoms in total. The first-order valence-electron chi connectivity index (χ1n) is 5.75. The third kappa shape index (κ3) is 3.50. The van der Waals surface area contributed by atoms with Crippen molar-refractivity contribution in [3.63, 3.8) is 0 Å². The molecular formula is C14H13ClF2N2. The summed E-state index contributed by atoms with van der Waals surface area (Å²) in [6, 6.07) is 9.95. The van der Waals surface area contributed by atoms with Gasteiger partial charge in [-0.05, 0) is 42.3 Å². The highest BCUT2D eigenvalue weighted by molar-refractivity contribution is 6.30.